The number of hydrogen-bond donors (Lipinski definition) is 6. The summed E-state index contributed by atoms with van der Waals surface area (Å²) in [6, 6.07) is 14.2. The number of rotatable bonds is 7. The fraction of sp³-hybridized carbons (Fsp3) is 0.217. The lowest BCUT2D eigenvalue weighted by atomic mass is 10.1. The third-order valence-electron chi connectivity index (χ3n) is 4.60. The predicted octanol–water partition coefficient (Wildman–Crippen LogP) is 2.24. The van der Waals surface area contributed by atoms with E-state index in [9.17, 15) is 14.4 Å². The van der Waals surface area contributed by atoms with Crippen LogP contribution in [0.15, 0.2) is 63.8 Å². The maximum atomic E-state index is 11.9. The van der Waals surface area contributed by atoms with Gasteiger partial charge in [0, 0.05) is 35.3 Å². The first-order valence-corrected chi connectivity index (χ1v) is 10.1. The zero-order valence-electron chi connectivity index (χ0n) is 18.5. The molecule has 1 amide bonds. The number of guanidine groups is 1. The average molecular weight is 490 g/mol. The molecule has 3 rings (SSSR count). The summed E-state index contributed by atoms with van der Waals surface area (Å²) in [7, 11) is 0. The van der Waals surface area contributed by atoms with E-state index in [1.165, 1.54) is 6.07 Å². The summed E-state index contributed by atoms with van der Waals surface area (Å²) in [5.41, 5.74) is 12.8. The van der Waals surface area contributed by atoms with Gasteiger partial charge in [0.1, 0.15) is 11.6 Å². The number of carbonyl (C=O) groups is 2. The topological polar surface area (TPSA) is 185 Å². The Morgan fingerprint density at radius 2 is 1.82 bits per heavy atom. The highest BCUT2D eigenvalue weighted by Crippen LogP contribution is 2.18. The summed E-state index contributed by atoms with van der Waals surface area (Å²) in [4.78, 5) is 34.0. The van der Waals surface area contributed by atoms with E-state index in [0.29, 0.717) is 29.8 Å². The summed E-state index contributed by atoms with van der Waals surface area (Å²) in [5, 5.41) is 22.0. The van der Waals surface area contributed by atoms with Gasteiger partial charge in [-0.25, -0.2) is 9.59 Å². The largest absolute Gasteiger partial charge is 0.480 e. The van der Waals surface area contributed by atoms with Gasteiger partial charge in [0.05, 0.1) is 0 Å². The molecule has 1 unspecified atom stereocenters. The molecular weight excluding hydrogens is 462 g/mol. The number of halogens is 1. The summed E-state index contributed by atoms with van der Waals surface area (Å²) in [6.07, 6.45) is 0.736. The van der Waals surface area contributed by atoms with Crippen molar-refractivity contribution in [3.05, 3.63) is 76.1 Å². The first-order valence-electron chi connectivity index (χ1n) is 10.1. The Morgan fingerprint density at radius 3 is 2.44 bits per heavy atom. The van der Waals surface area contributed by atoms with Gasteiger partial charge in [0.15, 0.2) is 5.96 Å². The highest BCUT2D eigenvalue weighted by atomic mass is 35.5. The molecule has 0 saturated heterocycles. The van der Waals surface area contributed by atoms with Crippen LogP contribution in [0, 0.1) is 12.3 Å². The van der Waals surface area contributed by atoms with E-state index in [1.54, 1.807) is 42.5 Å². The second kappa shape index (κ2) is 13.5. The van der Waals surface area contributed by atoms with Crippen molar-refractivity contribution >= 4 is 46.9 Å². The maximum absolute atomic E-state index is 11.9. The molecule has 11 heteroatoms. The predicted molar refractivity (Wildman–Crippen MR) is 133 cm³/mol. The van der Waals surface area contributed by atoms with Crippen LogP contribution in [0.2, 0.25) is 0 Å². The normalized spacial score (nSPS) is 10.7. The van der Waals surface area contributed by atoms with E-state index < -0.39 is 17.9 Å². The van der Waals surface area contributed by atoms with Gasteiger partial charge in [-0.2, -0.15) is 0 Å². The Bertz CT molecular complexity index is 1180. The van der Waals surface area contributed by atoms with Gasteiger partial charge in [-0.05, 0) is 49.6 Å². The molecule has 10 nitrogen and oxygen atoms in total. The van der Waals surface area contributed by atoms with Crippen molar-refractivity contribution in [3.8, 4) is 0 Å². The number of nitrogens with one attached hydrogen (secondary N) is 3. The minimum absolute atomic E-state index is 0. The summed E-state index contributed by atoms with van der Waals surface area (Å²) >= 11 is 0. The van der Waals surface area contributed by atoms with E-state index in [-0.39, 0.29) is 30.4 Å². The number of aryl methyl sites for hydroxylation is 1. The van der Waals surface area contributed by atoms with Crippen LogP contribution in [0.25, 0.3) is 11.0 Å². The van der Waals surface area contributed by atoms with Crippen LogP contribution in [-0.2, 0) is 4.79 Å². The van der Waals surface area contributed by atoms with Gasteiger partial charge in [-0.15, -0.1) is 12.4 Å². The first kappa shape index (κ1) is 28.0. The van der Waals surface area contributed by atoms with Crippen molar-refractivity contribution in [2.75, 3.05) is 12.3 Å². The molecule has 0 bridgehead atoms. The smallest absolute Gasteiger partial charge is 0.336 e. The third-order valence-corrected chi connectivity index (χ3v) is 4.60. The minimum atomic E-state index is -1.09. The molecule has 0 fully saturated rings. The lowest BCUT2D eigenvalue weighted by Crippen LogP contribution is -2.41. The molecule has 8 N–H and O–H groups in total. The van der Waals surface area contributed by atoms with E-state index in [0.717, 1.165) is 10.9 Å². The maximum Gasteiger partial charge on any atom is 0.336 e. The van der Waals surface area contributed by atoms with Crippen LogP contribution in [0.1, 0.15) is 28.8 Å². The number of amides is 1. The van der Waals surface area contributed by atoms with Gasteiger partial charge in [-0.1, -0.05) is 18.2 Å². The molecule has 3 aromatic rings. The zero-order valence-corrected chi connectivity index (χ0v) is 19.4. The quantitative estimate of drug-likeness (QED) is 0.0958. The number of aliphatic carboxylic acids is 1. The van der Waals surface area contributed by atoms with Gasteiger partial charge in [-0.3, -0.25) is 10.2 Å². The minimum Gasteiger partial charge on any atom is -0.480 e. The number of nitrogens with two attached hydrogens (primary N) is 2. The van der Waals surface area contributed by atoms with Gasteiger partial charge in [0.25, 0.3) is 5.91 Å². The molecule has 1 aromatic heterocycles. The number of anilines is 1. The fourth-order valence-electron chi connectivity index (χ4n) is 2.96. The number of hydrogen-bond acceptors (Lipinski definition) is 6. The summed E-state index contributed by atoms with van der Waals surface area (Å²) in [5.74, 6) is -1.67. The van der Waals surface area contributed by atoms with Crippen LogP contribution in [0.4, 0.5) is 5.69 Å². The van der Waals surface area contributed by atoms with E-state index in [2.05, 4.69) is 10.6 Å². The fourth-order valence-corrected chi connectivity index (χ4v) is 2.96. The molecule has 1 atom stereocenters. The van der Waals surface area contributed by atoms with Gasteiger partial charge >= 0.3 is 11.6 Å². The van der Waals surface area contributed by atoms with Crippen molar-refractivity contribution < 1.29 is 19.1 Å². The summed E-state index contributed by atoms with van der Waals surface area (Å²) in [6.45, 7) is 2.26. The number of nitrogen functional groups attached to an aromatic ring is 1. The van der Waals surface area contributed by atoms with Crippen molar-refractivity contribution in [1.29, 1.82) is 5.41 Å². The van der Waals surface area contributed by atoms with Gasteiger partial charge in [0.2, 0.25) is 0 Å². The molecular formula is C23H28ClN5O5. The number of carbonyl (C=O) groups excluding carboxylic acids is 1. The molecule has 2 aromatic carbocycles. The second-order valence-electron chi connectivity index (χ2n) is 7.22. The molecule has 0 spiro atoms. The molecule has 0 radical (unpaired) electrons. The van der Waals surface area contributed by atoms with Crippen LogP contribution in [0.5, 0.6) is 0 Å². The van der Waals surface area contributed by atoms with Crippen molar-refractivity contribution in [2.24, 2.45) is 5.73 Å². The van der Waals surface area contributed by atoms with E-state index in [1.807, 2.05) is 13.0 Å². The van der Waals surface area contributed by atoms with Crippen LogP contribution < -0.4 is 27.7 Å². The Labute approximate surface area is 202 Å². The lowest BCUT2D eigenvalue weighted by molar-refractivity contribution is -0.139. The molecule has 182 valence electrons. The molecule has 1 heterocycles. The highest BCUT2D eigenvalue weighted by molar-refractivity contribution is 5.96. The monoisotopic (exact) mass is 489 g/mol. The Balaban J connectivity index is 0.000000356. The molecule has 0 saturated carbocycles. The van der Waals surface area contributed by atoms with Crippen molar-refractivity contribution in [1.82, 2.24) is 10.6 Å². The van der Waals surface area contributed by atoms with E-state index in [4.69, 9.17) is 26.4 Å². The molecule has 34 heavy (non-hydrogen) atoms. The zero-order chi connectivity index (χ0) is 24.4. The third kappa shape index (κ3) is 8.83. The van der Waals surface area contributed by atoms with Crippen molar-refractivity contribution in [2.45, 2.75) is 25.8 Å². The van der Waals surface area contributed by atoms with Crippen LogP contribution in [-0.4, -0.2) is 35.5 Å². The van der Waals surface area contributed by atoms with Crippen LogP contribution >= 0.6 is 12.4 Å². The first-order chi connectivity index (χ1) is 15.7. The van der Waals surface area contributed by atoms with Crippen molar-refractivity contribution in [3.63, 3.8) is 0 Å². The Morgan fingerprint density at radius 1 is 1.15 bits per heavy atom. The number of benzene rings is 2. The Hall–Kier alpha value is -4.05. The van der Waals surface area contributed by atoms with E-state index >= 15 is 0 Å². The molecule has 0 aliphatic rings. The lowest BCUT2D eigenvalue weighted by Gasteiger charge is -2.14. The highest BCUT2D eigenvalue weighted by Gasteiger charge is 2.20. The SMILES string of the molecule is Cc1cc(=O)oc2cc(N)ccc12.Cl.N=C(N)NCCCC(NC(=O)c1ccccc1)C(=O)O. The Kier molecular flexibility index (Phi) is 11.1. The average Bonchev–Trinajstić information content (AvgIpc) is 2.76. The van der Waals surface area contributed by atoms with Crippen LogP contribution in [0.3, 0.4) is 0 Å². The number of fused-ring (bicyclic) bond motifs is 1. The number of carboxylic acids is 1. The molecule has 0 aliphatic carbocycles. The number of carboxylic acid groups (broad SMARTS) is 1. The van der Waals surface area contributed by atoms with Gasteiger partial charge < -0.3 is 31.6 Å². The second-order valence-corrected chi connectivity index (χ2v) is 7.22. The summed E-state index contributed by atoms with van der Waals surface area (Å²) < 4.78 is 4.99. The standard InChI is InChI=1S/C13H18N4O3.C10H9NO2.ClH/c14-13(15)16-8-4-7-10(12(19)20)17-11(18)9-5-2-1-3-6-9;1-6-4-10(12)13-9-5-7(11)2-3-8(6)9;/h1-3,5-6,10H,4,7-8H2,(H,17,18)(H,19,20)(H4,14,15,16);2-5H,11H2,1H3;1H. The molecule has 0 aliphatic heterocycles.